The number of hydrogen-bond donors (Lipinski definition) is 3. The first-order valence-electron chi connectivity index (χ1n) is 5.26. The zero-order valence-corrected chi connectivity index (χ0v) is 10.0. The van der Waals surface area contributed by atoms with Gasteiger partial charge in [-0.15, -0.1) is 0 Å². The number of carbonyl (C=O) groups is 2. The molecular weight excluding hydrogens is 281 g/mol. The lowest BCUT2D eigenvalue weighted by Gasteiger charge is -2.10. The topological polar surface area (TPSA) is 102 Å². The summed E-state index contributed by atoms with van der Waals surface area (Å²) in [6.45, 7) is -2.41. The molecule has 0 aromatic heterocycles. The summed E-state index contributed by atoms with van der Waals surface area (Å²) in [4.78, 5) is 22.2. The van der Waals surface area contributed by atoms with Crippen LogP contribution in [-0.4, -0.2) is 36.4 Å². The molecule has 9 heteroatoms. The van der Waals surface area contributed by atoms with Crippen molar-refractivity contribution in [3.05, 3.63) is 23.8 Å². The van der Waals surface area contributed by atoms with Gasteiger partial charge in [0.05, 0.1) is 11.3 Å². The second kappa shape index (κ2) is 6.24. The summed E-state index contributed by atoms with van der Waals surface area (Å²) in [7, 11) is 0. The average molecular weight is 292 g/mol. The second-order valence-corrected chi connectivity index (χ2v) is 3.77. The first kappa shape index (κ1) is 15.8. The van der Waals surface area contributed by atoms with Gasteiger partial charge in [-0.1, -0.05) is 0 Å². The van der Waals surface area contributed by atoms with E-state index >= 15 is 0 Å². The van der Waals surface area contributed by atoms with E-state index in [0.29, 0.717) is 0 Å². The number of nitrogens with one attached hydrogen (secondary N) is 1. The monoisotopic (exact) mass is 292 g/mol. The van der Waals surface area contributed by atoms with Crippen LogP contribution in [0.1, 0.15) is 10.4 Å². The number of alkyl halides is 3. The van der Waals surface area contributed by atoms with Crippen molar-refractivity contribution in [1.82, 2.24) is 0 Å². The van der Waals surface area contributed by atoms with Gasteiger partial charge < -0.3 is 20.9 Å². The molecule has 4 N–H and O–H groups in total. The molecule has 1 rings (SSSR count). The Morgan fingerprint density at radius 3 is 2.55 bits per heavy atom. The van der Waals surface area contributed by atoms with Crippen LogP contribution in [0.2, 0.25) is 0 Å². The van der Waals surface area contributed by atoms with Gasteiger partial charge >= 0.3 is 12.1 Å². The van der Waals surface area contributed by atoms with Gasteiger partial charge in [-0.3, -0.25) is 4.79 Å². The van der Waals surface area contributed by atoms with Crippen molar-refractivity contribution >= 4 is 23.3 Å². The Bertz CT molecular complexity index is 517. The Morgan fingerprint density at radius 2 is 2.00 bits per heavy atom. The van der Waals surface area contributed by atoms with Crippen molar-refractivity contribution in [1.29, 1.82) is 0 Å². The molecule has 0 radical (unpaired) electrons. The number of benzene rings is 1. The molecule has 0 aliphatic rings. The quantitative estimate of drug-likeness (QED) is 0.713. The molecule has 1 aromatic rings. The minimum Gasteiger partial charge on any atom is -0.478 e. The van der Waals surface area contributed by atoms with E-state index in [1.54, 1.807) is 0 Å². The van der Waals surface area contributed by atoms with Gasteiger partial charge in [-0.2, -0.15) is 13.2 Å². The zero-order chi connectivity index (χ0) is 15.3. The molecule has 6 nitrogen and oxygen atoms in total. The Kier molecular flexibility index (Phi) is 4.92. The van der Waals surface area contributed by atoms with Gasteiger partial charge in [0, 0.05) is 5.69 Å². The van der Waals surface area contributed by atoms with E-state index in [-0.39, 0.29) is 16.9 Å². The van der Waals surface area contributed by atoms with Gasteiger partial charge in [0.15, 0.2) is 0 Å². The van der Waals surface area contributed by atoms with Crippen LogP contribution >= 0.6 is 0 Å². The summed E-state index contributed by atoms with van der Waals surface area (Å²) >= 11 is 0. The summed E-state index contributed by atoms with van der Waals surface area (Å²) in [5, 5.41) is 11.0. The molecule has 1 amide bonds. The molecule has 0 bridgehead atoms. The van der Waals surface area contributed by atoms with E-state index < -0.39 is 31.3 Å². The molecule has 110 valence electrons. The molecule has 0 aliphatic carbocycles. The Balaban J connectivity index is 2.64. The van der Waals surface area contributed by atoms with Crippen molar-refractivity contribution in [2.45, 2.75) is 6.18 Å². The molecule has 20 heavy (non-hydrogen) atoms. The molecule has 0 saturated carbocycles. The van der Waals surface area contributed by atoms with E-state index in [4.69, 9.17) is 10.8 Å². The average Bonchev–Trinajstić information content (AvgIpc) is 2.29. The van der Waals surface area contributed by atoms with Gasteiger partial charge in [0.2, 0.25) is 5.91 Å². The van der Waals surface area contributed by atoms with Gasteiger partial charge in [0.1, 0.15) is 13.2 Å². The first-order chi connectivity index (χ1) is 9.19. The van der Waals surface area contributed by atoms with Crippen LogP contribution in [0.4, 0.5) is 24.5 Å². The lowest BCUT2D eigenvalue weighted by Crippen LogP contribution is -2.24. The summed E-state index contributed by atoms with van der Waals surface area (Å²) in [6, 6.07) is 3.70. The third kappa shape index (κ3) is 5.14. The van der Waals surface area contributed by atoms with Crippen LogP contribution in [0.25, 0.3) is 0 Å². The number of carboxylic acid groups (broad SMARTS) is 1. The van der Waals surface area contributed by atoms with Gasteiger partial charge in [-0.25, -0.2) is 4.79 Å². The highest BCUT2D eigenvalue weighted by Gasteiger charge is 2.27. The molecule has 0 heterocycles. The highest BCUT2D eigenvalue weighted by Crippen LogP contribution is 2.19. The SMILES string of the molecule is Nc1ccc(NC(=O)COCC(F)(F)F)c(C(=O)O)c1. The third-order valence-electron chi connectivity index (χ3n) is 2.05. The fourth-order valence-corrected chi connectivity index (χ4v) is 1.29. The summed E-state index contributed by atoms with van der Waals surface area (Å²) in [5.74, 6) is -2.23. The standard InChI is InChI=1S/C11H11F3N2O4/c12-11(13,14)5-20-4-9(17)16-8-2-1-6(15)3-7(8)10(18)19/h1-3H,4-5,15H2,(H,16,17)(H,18,19). The highest BCUT2D eigenvalue weighted by atomic mass is 19.4. The zero-order valence-electron chi connectivity index (χ0n) is 10.0. The molecule has 0 fully saturated rings. The maximum atomic E-state index is 11.8. The number of carbonyl (C=O) groups excluding carboxylic acids is 1. The van der Waals surface area contributed by atoms with Gasteiger partial charge in [0.25, 0.3) is 0 Å². The Labute approximate surface area is 111 Å². The third-order valence-corrected chi connectivity index (χ3v) is 2.05. The fraction of sp³-hybridized carbons (Fsp3) is 0.273. The molecular formula is C11H11F3N2O4. The van der Waals surface area contributed by atoms with Crippen molar-refractivity contribution < 1.29 is 32.6 Å². The van der Waals surface area contributed by atoms with E-state index in [0.717, 1.165) is 6.07 Å². The van der Waals surface area contributed by atoms with E-state index in [1.807, 2.05) is 0 Å². The fourth-order valence-electron chi connectivity index (χ4n) is 1.29. The normalized spacial score (nSPS) is 11.2. The van der Waals surface area contributed by atoms with Crippen molar-refractivity contribution in [2.75, 3.05) is 24.3 Å². The van der Waals surface area contributed by atoms with Crippen molar-refractivity contribution in [3.63, 3.8) is 0 Å². The summed E-state index contributed by atoms with van der Waals surface area (Å²) in [6.07, 6.45) is -4.53. The number of aromatic carboxylic acids is 1. The second-order valence-electron chi connectivity index (χ2n) is 3.77. The molecule has 1 aromatic carbocycles. The summed E-state index contributed by atoms with van der Waals surface area (Å²) < 4.78 is 39.5. The lowest BCUT2D eigenvalue weighted by atomic mass is 10.1. The highest BCUT2D eigenvalue weighted by molar-refractivity contribution is 6.01. The number of halogens is 3. The van der Waals surface area contributed by atoms with Gasteiger partial charge in [-0.05, 0) is 18.2 Å². The van der Waals surface area contributed by atoms with Crippen LogP contribution in [0.15, 0.2) is 18.2 Å². The van der Waals surface area contributed by atoms with Crippen LogP contribution in [-0.2, 0) is 9.53 Å². The van der Waals surface area contributed by atoms with Crippen molar-refractivity contribution in [2.24, 2.45) is 0 Å². The number of nitrogen functional groups attached to an aromatic ring is 1. The molecule has 0 spiro atoms. The minimum absolute atomic E-state index is 0.0766. The molecule has 0 aliphatic heterocycles. The number of nitrogens with two attached hydrogens (primary N) is 1. The molecule has 0 atom stereocenters. The Hall–Kier alpha value is -2.29. The predicted molar refractivity (Wildman–Crippen MR) is 63.3 cm³/mol. The van der Waals surface area contributed by atoms with Crippen LogP contribution in [0.3, 0.4) is 0 Å². The number of carboxylic acids is 1. The number of hydrogen-bond acceptors (Lipinski definition) is 4. The van der Waals surface area contributed by atoms with Crippen LogP contribution in [0, 0.1) is 0 Å². The maximum Gasteiger partial charge on any atom is 0.411 e. The molecule has 0 unspecified atom stereocenters. The molecule has 0 saturated heterocycles. The first-order valence-corrected chi connectivity index (χ1v) is 5.26. The van der Waals surface area contributed by atoms with Crippen molar-refractivity contribution in [3.8, 4) is 0 Å². The number of amides is 1. The van der Waals surface area contributed by atoms with E-state index in [1.165, 1.54) is 12.1 Å². The van der Waals surface area contributed by atoms with Crippen LogP contribution < -0.4 is 11.1 Å². The lowest BCUT2D eigenvalue weighted by molar-refractivity contribution is -0.174. The maximum absolute atomic E-state index is 11.8. The number of ether oxygens (including phenoxy) is 1. The Morgan fingerprint density at radius 1 is 1.35 bits per heavy atom. The smallest absolute Gasteiger partial charge is 0.411 e. The van der Waals surface area contributed by atoms with Crippen LogP contribution in [0.5, 0.6) is 0 Å². The number of rotatable bonds is 5. The van der Waals surface area contributed by atoms with E-state index in [2.05, 4.69) is 10.1 Å². The largest absolute Gasteiger partial charge is 0.478 e. The number of anilines is 2. The predicted octanol–water partition coefficient (Wildman–Crippen LogP) is 1.48. The van der Waals surface area contributed by atoms with E-state index in [9.17, 15) is 22.8 Å². The summed E-state index contributed by atoms with van der Waals surface area (Å²) in [5.41, 5.74) is 5.23. The minimum atomic E-state index is -4.53.